The monoisotopic (exact) mass is 338 g/mol. The molecule has 2 aromatic carbocycles. The second-order valence-corrected chi connectivity index (χ2v) is 6.08. The smallest absolute Gasteiger partial charge is 0.219 e. The van der Waals surface area contributed by atoms with Gasteiger partial charge in [0.15, 0.2) is 6.29 Å². The predicted octanol–water partition coefficient (Wildman–Crippen LogP) is 2.84. The van der Waals surface area contributed by atoms with Crippen molar-refractivity contribution in [3.05, 3.63) is 48.0 Å². The van der Waals surface area contributed by atoms with E-state index in [4.69, 9.17) is 4.74 Å². The molecule has 5 nitrogen and oxygen atoms in total. The molecule has 0 N–H and O–H groups in total. The number of para-hydroxylation sites is 1. The van der Waals surface area contributed by atoms with E-state index in [1.807, 2.05) is 47.4 Å². The Kier molecular flexibility index (Phi) is 5.03. The number of carbonyl (C=O) groups excluding carboxylic acids is 2. The third-order valence-corrected chi connectivity index (χ3v) is 4.64. The van der Waals surface area contributed by atoms with Crippen LogP contribution in [-0.2, 0) is 4.79 Å². The largest absolute Gasteiger partial charge is 0.496 e. The zero-order valence-corrected chi connectivity index (χ0v) is 14.6. The molecule has 2 aromatic rings. The maximum Gasteiger partial charge on any atom is 0.219 e. The van der Waals surface area contributed by atoms with Crippen LogP contribution < -0.4 is 9.64 Å². The van der Waals surface area contributed by atoms with Gasteiger partial charge in [0.25, 0.3) is 0 Å². The Morgan fingerprint density at radius 1 is 1.08 bits per heavy atom. The molecule has 0 aromatic heterocycles. The van der Waals surface area contributed by atoms with Gasteiger partial charge in [-0.1, -0.05) is 24.3 Å². The average molecular weight is 338 g/mol. The summed E-state index contributed by atoms with van der Waals surface area (Å²) < 4.78 is 5.42. The van der Waals surface area contributed by atoms with Gasteiger partial charge in [-0.15, -0.1) is 0 Å². The van der Waals surface area contributed by atoms with Crippen LogP contribution in [0.15, 0.2) is 42.5 Å². The lowest BCUT2D eigenvalue weighted by molar-refractivity contribution is -0.129. The van der Waals surface area contributed by atoms with Crippen LogP contribution in [0.4, 0.5) is 5.69 Å². The van der Waals surface area contributed by atoms with Gasteiger partial charge in [-0.05, 0) is 23.8 Å². The van der Waals surface area contributed by atoms with Gasteiger partial charge in [-0.3, -0.25) is 9.59 Å². The van der Waals surface area contributed by atoms with Crippen LogP contribution in [0.2, 0.25) is 0 Å². The first kappa shape index (κ1) is 17.0. The van der Waals surface area contributed by atoms with E-state index in [1.54, 1.807) is 14.0 Å². The summed E-state index contributed by atoms with van der Waals surface area (Å²) in [5, 5.41) is 0. The molecule has 5 heteroatoms. The van der Waals surface area contributed by atoms with E-state index in [-0.39, 0.29) is 5.91 Å². The van der Waals surface area contributed by atoms with Crippen molar-refractivity contribution in [3.8, 4) is 16.9 Å². The Balaban J connectivity index is 1.88. The fraction of sp³-hybridized carbons (Fsp3) is 0.300. The minimum Gasteiger partial charge on any atom is -0.496 e. The van der Waals surface area contributed by atoms with Crippen LogP contribution in [-0.4, -0.2) is 50.4 Å². The second-order valence-electron chi connectivity index (χ2n) is 6.08. The molecule has 0 aliphatic carbocycles. The SMILES string of the molecule is COc1ccccc1-c1ccc(N2CCN(C(C)=O)CC2)c(C=O)c1. The van der Waals surface area contributed by atoms with Gasteiger partial charge in [-0.25, -0.2) is 0 Å². The number of amides is 1. The maximum absolute atomic E-state index is 11.7. The molecule has 130 valence electrons. The van der Waals surface area contributed by atoms with Gasteiger partial charge in [0, 0.05) is 49.9 Å². The third-order valence-electron chi connectivity index (χ3n) is 4.64. The molecule has 0 bridgehead atoms. The zero-order valence-electron chi connectivity index (χ0n) is 14.6. The van der Waals surface area contributed by atoms with E-state index in [1.165, 1.54) is 0 Å². The lowest BCUT2D eigenvalue weighted by Gasteiger charge is -2.36. The Bertz CT molecular complexity index is 780. The third kappa shape index (κ3) is 3.50. The average Bonchev–Trinajstić information content (AvgIpc) is 2.67. The molecule has 1 fully saturated rings. The molecule has 25 heavy (non-hydrogen) atoms. The number of piperazine rings is 1. The van der Waals surface area contributed by atoms with Crippen LogP contribution in [0.1, 0.15) is 17.3 Å². The molecule has 0 saturated carbocycles. The summed E-state index contributed by atoms with van der Waals surface area (Å²) in [6.45, 7) is 4.42. The molecular weight excluding hydrogens is 316 g/mol. The van der Waals surface area contributed by atoms with Gasteiger partial charge in [0.2, 0.25) is 5.91 Å². The molecule has 1 aliphatic heterocycles. The van der Waals surface area contributed by atoms with Crippen molar-refractivity contribution >= 4 is 17.9 Å². The second kappa shape index (κ2) is 7.38. The molecule has 1 saturated heterocycles. The number of rotatable bonds is 4. The predicted molar refractivity (Wildman–Crippen MR) is 98.3 cm³/mol. The summed E-state index contributed by atoms with van der Waals surface area (Å²) in [6, 6.07) is 13.7. The van der Waals surface area contributed by atoms with Crippen LogP contribution in [0, 0.1) is 0 Å². The lowest BCUT2D eigenvalue weighted by atomic mass is 10.0. The van der Waals surface area contributed by atoms with E-state index in [2.05, 4.69) is 4.90 Å². The van der Waals surface area contributed by atoms with Crippen molar-refractivity contribution in [3.63, 3.8) is 0 Å². The summed E-state index contributed by atoms with van der Waals surface area (Å²) in [7, 11) is 1.64. The van der Waals surface area contributed by atoms with E-state index < -0.39 is 0 Å². The van der Waals surface area contributed by atoms with Gasteiger partial charge in [0.05, 0.1) is 7.11 Å². The Morgan fingerprint density at radius 2 is 1.80 bits per heavy atom. The normalized spacial score (nSPS) is 14.3. The standard InChI is InChI=1S/C20H22N2O3/c1-15(24)21-9-11-22(12-10-21)19-8-7-16(13-17(19)14-23)18-5-3-4-6-20(18)25-2/h3-8,13-14H,9-12H2,1-2H3. The molecular formula is C20H22N2O3. The van der Waals surface area contributed by atoms with Crippen molar-refractivity contribution in [1.82, 2.24) is 4.90 Å². The Labute approximate surface area is 147 Å². The molecule has 0 spiro atoms. The number of hydrogen-bond acceptors (Lipinski definition) is 4. The van der Waals surface area contributed by atoms with Crippen LogP contribution in [0.3, 0.4) is 0 Å². The molecule has 1 aliphatic rings. The van der Waals surface area contributed by atoms with Crippen molar-refractivity contribution in [2.45, 2.75) is 6.92 Å². The van der Waals surface area contributed by atoms with Gasteiger partial charge in [0.1, 0.15) is 5.75 Å². The lowest BCUT2D eigenvalue weighted by Crippen LogP contribution is -2.48. The molecule has 0 unspecified atom stereocenters. The number of ether oxygens (including phenoxy) is 1. The molecule has 1 amide bonds. The van der Waals surface area contributed by atoms with Crippen molar-refractivity contribution in [2.75, 3.05) is 38.2 Å². The minimum atomic E-state index is 0.0989. The first-order valence-corrected chi connectivity index (χ1v) is 8.37. The van der Waals surface area contributed by atoms with Crippen LogP contribution in [0.5, 0.6) is 5.75 Å². The van der Waals surface area contributed by atoms with Gasteiger partial charge < -0.3 is 14.5 Å². The molecule has 3 rings (SSSR count). The quantitative estimate of drug-likeness (QED) is 0.805. The number of hydrogen-bond donors (Lipinski definition) is 0. The highest BCUT2D eigenvalue weighted by Crippen LogP contribution is 2.32. The highest BCUT2D eigenvalue weighted by Gasteiger charge is 2.21. The summed E-state index contributed by atoms with van der Waals surface area (Å²) in [5.74, 6) is 0.879. The summed E-state index contributed by atoms with van der Waals surface area (Å²) in [4.78, 5) is 27.1. The van der Waals surface area contributed by atoms with Gasteiger partial charge >= 0.3 is 0 Å². The van der Waals surface area contributed by atoms with Gasteiger partial charge in [-0.2, -0.15) is 0 Å². The Morgan fingerprint density at radius 3 is 2.44 bits per heavy atom. The van der Waals surface area contributed by atoms with Crippen molar-refractivity contribution in [2.24, 2.45) is 0 Å². The highest BCUT2D eigenvalue weighted by atomic mass is 16.5. The molecule has 1 heterocycles. The summed E-state index contributed by atoms with van der Waals surface area (Å²) >= 11 is 0. The number of nitrogens with zero attached hydrogens (tertiary/aromatic N) is 2. The molecule has 0 radical (unpaired) electrons. The first-order valence-electron chi connectivity index (χ1n) is 8.37. The van der Waals surface area contributed by atoms with Crippen molar-refractivity contribution < 1.29 is 14.3 Å². The summed E-state index contributed by atoms with van der Waals surface area (Å²) in [5.41, 5.74) is 3.48. The summed E-state index contributed by atoms with van der Waals surface area (Å²) in [6.07, 6.45) is 0.894. The maximum atomic E-state index is 11.7. The van der Waals surface area contributed by atoms with E-state index in [9.17, 15) is 9.59 Å². The number of methoxy groups -OCH3 is 1. The van der Waals surface area contributed by atoms with Crippen LogP contribution in [0.25, 0.3) is 11.1 Å². The number of carbonyl (C=O) groups is 2. The number of anilines is 1. The fourth-order valence-corrected chi connectivity index (χ4v) is 3.25. The van der Waals surface area contributed by atoms with Crippen molar-refractivity contribution in [1.29, 1.82) is 0 Å². The zero-order chi connectivity index (χ0) is 17.8. The molecule has 0 atom stereocenters. The number of aldehydes is 1. The van der Waals surface area contributed by atoms with Crippen LogP contribution >= 0.6 is 0 Å². The van der Waals surface area contributed by atoms with E-state index in [0.29, 0.717) is 18.7 Å². The topological polar surface area (TPSA) is 49.9 Å². The highest BCUT2D eigenvalue weighted by molar-refractivity contribution is 5.88. The number of benzene rings is 2. The fourth-order valence-electron chi connectivity index (χ4n) is 3.25. The van der Waals surface area contributed by atoms with E-state index in [0.717, 1.165) is 41.9 Å². The van der Waals surface area contributed by atoms with E-state index >= 15 is 0 Å². The first-order chi connectivity index (χ1) is 12.1. The minimum absolute atomic E-state index is 0.0989. The Hall–Kier alpha value is -2.82.